The van der Waals surface area contributed by atoms with Gasteiger partial charge in [0.15, 0.2) is 0 Å². The normalized spacial score (nSPS) is 17.8. The molecular formula is C15H21NO3S. The molecule has 2 rings (SSSR count). The Balaban J connectivity index is 2.40. The zero-order chi connectivity index (χ0) is 14.9. The topological polar surface area (TPSA) is 55.4 Å². The number of anilines is 1. The summed E-state index contributed by atoms with van der Waals surface area (Å²) >= 11 is 1.52. The number of nitrogens with one attached hydrogen (secondary N) is 1. The molecule has 0 unspecified atom stereocenters. The van der Waals surface area contributed by atoms with Crippen LogP contribution in [0.2, 0.25) is 0 Å². The van der Waals surface area contributed by atoms with Gasteiger partial charge in [0, 0.05) is 10.8 Å². The Labute approximate surface area is 123 Å². The highest BCUT2D eigenvalue weighted by atomic mass is 32.1. The molecule has 0 radical (unpaired) electrons. The number of hydrogen-bond acceptors (Lipinski definition) is 4. The van der Waals surface area contributed by atoms with E-state index in [1.807, 2.05) is 13.8 Å². The Kier molecular flexibility index (Phi) is 4.48. The molecule has 5 heteroatoms. The Bertz CT molecular complexity index is 533. The molecule has 20 heavy (non-hydrogen) atoms. The van der Waals surface area contributed by atoms with Crippen LogP contribution >= 0.6 is 11.3 Å². The van der Waals surface area contributed by atoms with Gasteiger partial charge >= 0.3 is 5.97 Å². The highest BCUT2D eigenvalue weighted by Crippen LogP contribution is 2.40. The minimum Gasteiger partial charge on any atom is -0.465 e. The van der Waals surface area contributed by atoms with Gasteiger partial charge in [-0.2, -0.15) is 0 Å². The number of ether oxygens (including phenoxy) is 1. The zero-order valence-electron chi connectivity index (χ0n) is 12.4. The zero-order valence-corrected chi connectivity index (χ0v) is 13.2. The van der Waals surface area contributed by atoms with E-state index in [2.05, 4.69) is 12.2 Å². The van der Waals surface area contributed by atoms with Gasteiger partial charge in [-0.1, -0.05) is 20.8 Å². The number of carbonyl (C=O) groups is 2. The van der Waals surface area contributed by atoms with Gasteiger partial charge in [-0.15, -0.1) is 11.3 Å². The summed E-state index contributed by atoms with van der Waals surface area (Å²) < 4.78 is 4.89. The van der Waals surface area contributed by atoms with Gasteiger partial charge in [-0.3, -0.25) is 4.79 Å². The molecule has 0 spiro atoms. The number of carbonyl (C=O) groups excluding carboxylic acids is 2. The lowest BCUT2D eigenvalue weighted by Gasteiger charge is -2.18. The summed E-state index contributed by atoms with van der Waals surface area (Å²) in [5, 5.41) is 3.52. The Morgan fingerprint density at radius 2 is 2.10 bits per heavy atom. The first-order chi connectivity index (χ1) is 9.43. The fraction of sp³-hybridized carbons (Fsp3) is 0.600. The first-order valence-electron chi connectivity index (χ1n) is 6.97. The largest absolute Gasteiger partial charge is 0.465 e. The number of amides is 1. The van der Waals surface area contributed by atoms with Crippen molar-refractivity contribution in [2.45, 2.75) is 40.0 Å². The molecule has 1 aromatic heterocycles. The van der Waals surface area contributed by atoms with E-state index in [1.54, 1.807) is 0 Å². The molecule has 4 nitrogen and oxygen atoms in total. The molecule has 0 saturated heterocycles. The van der Waals surface area contributed by atoms with Crippen LogP contribution in [-0.4, -0.2) is 19.0 Å². The third kappa shape index (κ3) is 2.87. The van der Waals surface area contributed by atoms with E-state index in [4.69, 9.17) is 4.74 Å². The maximum Gasteiger partial charge on any atom is 0.341 e. The van der Waals surface area contributed by atoms with Crippen molar-refractivity contribution >= 4 is 28.2 Å². The fourth-order valence-electron chi connectivity index (χ4n) is 2.41. The first-order valence-corrected chi connectivity index (χ1v) is 7.79. The smallest absolute Gasteiger partial charge is 0.341 e. The number of esters is 1. The van der Waals surface area contributed by atoms with Gasteiger partial charge in [-0.05, 0) is 30.7 Å². The van der Waals surface area contributed by atoms with Crippen LogP contribution in [0.4, 0.5) is 5.00 Å². The molecule has 0 bridgehead atoms. The van der Waals surface area contributed by atoms with Crippen LogP contribution in [0.3, 0.4) is 0 Å². The van der Waals surface area contributed by atoms with Crippen LogP contribution in [-0.2, 0) is 22.4 Å². The summed E-state index contributed by atoms with van der Waals surface area (Å²) in [4.78, 5) is 25.1. The van der Waals surface area contributed by atoms with Crippen LogP contribution in [0.5, 0.6) is 0 Å². The maximum atomic E-state index is 12.0. The SMILES string of the molecule is COC(=O)c1c(NC(=O)C(C)C)sc2c1CC[C@H](C)C2. The average Bonchev–Trinajstić information content (AvgIpc) is 2.74. The molecular weight excluding hydrogens is 274 g/mol. The maximum absolute atomic E-state index is 12.0. The fourth-order valence-corrected chi connectivity index (χ4v) is 3.81. The van der Waals surface area contributed by atoms with Crippen molar-refractivity contribution in [1.29, 1.82) is 0 Å². The van der Waals surface area contributed by atoms with E-state index in [9.17, 15) is 9.59 Å². The van der Waals surface area contributed by atoms with Crippen LogP contribution in [0, 0.1) is 11.8 Å². The summed E-state index contributed by atoms with van der Waals surface area (Å²) in [6.07, 6.45) is 2.93. The minimum absolute atomic E-state index is 0.0678. The first kappa shape index (κ1) is 15.0. The summed E-state index contributed by atoms with van der Waals surface area (Å²) in [5.41, 5.74) is 1.63. The van der Waals surface area contributed by atoms with Gasteiger partial charge in [-0.25, -0.2) is 4.79 Å². The molecule has 0 fully saturated rings. The van der Waals surface area contributed by atoms with Crippen molar-refractivity contribution in [3.63, 3.8) is 0 Å². The number of methoxy groups -OCH3 is 1. The Hall–Kier alpha value is -1.36. The molecule has 1 heterocycles. The molecule has 0 saturated carbocycles. The van der Waals surface area contributed by atoms with Crippen molar-refractivity contribution in [2.75, 3.05) is 12.4 Å². The van der Waals surface area contributed by atoms with Crippen molar-refractivity contribution in [2.24, 2.45) is 11.8 Å². The van der Waals surface area contributed by atoms with Crippen molar-refractivity contribution in [1.82, 2.24) is 0 Å². The standard InChI is InChI=1S/C15H21NO3S/c1-8(2)13(17)16-14-12(15(18)19-4)10-6-5-9(3)7-11(10)20-14/h8-9H,5-7H2,1-4H3,(H,16,17)/t9-/m0/s1. The minimum atomic E-state index is -0.351. The molecule has 0 aromatic carbocycles. The van der Waals surface area contributed by atoms with Crippen LogP contribution in [0.15, 0.2) is 0 Å². The number of thiophene rings is 1. The quantitative estimate of drug-likeness (QED) is 0.871. The highest BCUT2D eigenvalue weighted by Gasteiger charge is 2.29. The molecule has 1 aromatic rings. The van der Waals surface area contributed by atoms with E-state index in [-0.39, 0.29) is 17.8 Å². The van der Waals surface area contributed by atoms with Crippen molar-refractivity contribution in [3.05, 3.63) is 16.0 Å². The molecule has 1 aliphatic rings. The lowest BCUT2D eigenvalue weighted by Crippen LogP contribution is -2.19. The predicted octanol–water partition coefficient (Wildman–Crippen LogP) is 3.25. The third-order valence-electron chi connectivity index (χ3n) is 3.66. The second-order valence-corrected chi connectivity index (χ2v) is 6.80. The molecule has 1 aliphatic carbocycles. The molecule has 1 N–H and O–H groups in total. The van der Waals surface area contributed by atoms with Gasteiger partial charge in [0.2, 0.25) is 5.91 Å². The molecule has 1 amide bonds. The summed E-state index contributed by atoms with van der Waals surface area (Å²) in [7, 11) is 1.38. The third-order valence-corrected chi connectivity index (χ3v) is 4.83. The number of hydrogen-bond donors (Lipinski definition) is 1. The predicted molar refractivity (Wildman–Crippen MR) is 80.3 cm³/mol. The summed E-state index contributed by atoms with van der Waals surface area (Å²) in [6, 6.07) is 0. The summed E-state index contributed by atoms with van der Waals surface area (Å²) in [5.74, 6) is 0.0942. The number of fused-ring (bicyclic) bond motifs is 1. The second kappa shape index (κ2) is 5.95. The van der Waals surface area contributed by atoms with Crippen LogP contribution in [0.1, 0.15) is 48.0 Å². The highest BCUT2D eigenvalue weighted by molar-refractivity contribution is 7.17. The molecule has 1 atom stereocenters. The van der Waals surface area contributed by atoms with E-state index in [0.29, 0.717) is 16.5 Å². The van der Waals surface area contributed by atoms with Gasteiger partial charge in [0.05, 0.1) is 12.7 Å². The molecule has 0 aliphatic heterocycles. The molecule has 110 valence electrons. The van der Waals surface area contributed by atoms with Crippen LogP contribution < -0.4 is 5.32 Å². The van der Waals surface area contributed by atoms with E-state index >= 15 is 0 Å². The van der Waals surface area contributed by atoms with Gasteiger partial charge < -0.3 is 10.1 Å². The van der Waals surface area contributed by atoms with Gasteiger partial charge in [0.25, 0.3) is 0 Å². The van der Waals surface area contributed by atoms with Crippen molar-refractivity contribution < 1.29 is 14.3 Å². The average molecular weight is 295 g/mol. The Morgan fingerprint density at radius 3 is 2.70 bits per heavy atom. The monoisotopic (exact) mass is 295 g/mol. The van der Waals surface area contributed by atoms with E-state index in [0.717, 1.165) is 24.8 Å². The Morgan fingerprint density at radius 1 is 1.40 bits per heavy atom. The van der Waals surface area contributed by atoms with E-state index in [1.165, 1.54) is 23.3 Å². The summed E-state index contributed by atoms with van der Waals surface area (Å²) in [6.45, 7) is 5.89. The van der Waals surface area contributed by atoms with E-state index < -0.39 is 0 Å². The number of rotatable bonds is 3. The van der Waals surface area contributed by atoms with Gasteiger partial charge in [0.1, 0.15) is 5.00 Å². The second-order valence-electron chi connectivity index (χ2n) is 5.69. The lowest BCUT2D eigenvalue weighted by molar-refractivity contribution is -0.118. The van der Waals surface area contributed by atoms with Crippen molar-refractivity contribution in [3.8, 4) is 0 Å². The lowest BCUT2D eigenvalue weighted by atomic mass is 9.88. The van der Waals surface area contributed by atoms with Crippen LogP contribution in [0.25, 0.3) is 0 Å².